The lowest BCUT2D eigenvalue weighted by molar-refractivity contribution is -0.548. The summed E-state index contributed by atoms with van der Waals surface area (Å²) in [6.07, 6.45) is 8.77. The van der Waals surface area contributed by atoms with Crippen molar-refractivity contribution in [3.05, 3.63) is 34.9 Å². The highest BCUT2D eigenvalue weighted by molar-refractivity contribution is 8.13. The van der Waals surface area contributed by atoms with E-state index in [9.17, 15) is 9.59 Å². The van der Waals surface area contributed by atoms with Crippen LogP contribution in [-0.2, 0) is 11.3 Å². The summed E-state index contributed by atoms with van der Waals surface area (Å²) in [6, 6.07) is 6.70. The lowest BCUT2D eigenvalue weighted by atomic mass is 10.1. The number of imide groups is 1. The molecule has 2 heterocycles. The molecule has 0 radical (unpaired) electrons. The molecule has 1 unspecified atom stereocenters. The van der Waals surface area contributed by atoms with Crippen LogP contribution in [0.15, 0.2) is 29.3 Å². The molecule has 0 saturated carbocycles. The Balaban J connectivity index is 1.73. The van der Waals surface area contributed by atoms with Gasteiger partial charge in [0, 0.05) is 30.4 Å². The second-order valence-corrected chi connectivity index (χ2v) is 9.55. The van der Waals surface area contributed by atoms with E-state index in [1.54, 1.807) is 18.8 Å². The minimum Gasteiger partial charge on any atom is -0.269 e. The van der Waals surface area contributed by atoms with Crippen LogP contribution in [0.25, 0.3) is 0 Å². The third kappa shape index (κ3) is 5.50. The van der Waals surface area contributed by atoms with Crippen molar-refractivity contribution in [2.24, 2.45) is 4.99 Å². The zero-order valence-corrected chi connectivity index (χ0v) is 20.2. The molecule has 1 saturated heterocycles. The maximum absolute atomic E-state index is 13.0. The van der Waals surface area contributed by atoms with E-state index in [1.807, 2.05) is 28.8 Å². The first-order valence-electron chi connectivity index (χ1n) is 11.1. The average Bonchev–Trinajstić information content (AvgIpc) is 3.12. The third-order valence-corrected chi connectivity index (χ3v) is 7.22. The topological polar surface area (TPSA) is 56.0 Å². The lowest BCUT2D eigenvalue weighted by Crippen LogP contribution is -2.61. The smallest absolute Gasteiger partial charge is 0.269 e. The number of fused-ring (bicyclic) bond motifs is 1. The van der Waals surface area contributed by atoms with Gasteiger partial charge >= 0.3 is 11.2 Å². The van der Waals surface area contributed by atoms with Crippen LogP contribution in [0.2, 0.25) is 5.02 Å². The fraction of sp³-hybridized carbons (Fsp3) is 0.565. The quantitative estimate of drug-likeness (QED) is 0.362. The Morgan fingerprint density at radius 3 is 2.42 bits per heavy atom. The number of urea groups is 1. The van der Waals surface area contributed by atoms with Gasteiger partial charge in [0.15, 0.2) is 0 Å². The first-order valence-corrected chi connectivity index (χ1v) is 12.5. The van der Waals surface area contributed by atoms with E-state index in [2.05, 4.69) is 6.92 Å². The van der Waals surface area contributed by atoms with Crippen molar-refractivity contribution in [2.75, 3.05) is 19.8 Å². The molecule has 1 aromatic carbocycles. The SMILES string of the molecule is CCCCCCCCCSC1=[N+](Cc2ccccc2Cl)C2C(=O)N(C)C(=O)N(C)C2=N1. The highest BCUT2D eigenvalue weighted by atomic mass is 35.5. The van der Waals surface area contributed by atoms with Gasteiger partial charge in [-0.15, -0.1) is 0 Å². The molecule has 2 aliphatic heterocycles. The second-order valence-electron chi connectivity index (χ2n) is 8.08. The molecule has 31 heavy (non-hydrogen) atoms. The number of carbonyl (C=O) groups is 2. The Kier molecular flexibility index (Phi) is 8.55. The van der Waals surface area contributed by atoms with Crippen LogP contribution < -0.4 is 0 Å². The molecule has 6 nitrogen and oxygen atoms in total. The molecule has 0 bridgehead atoms. The molecule has 3 amide bonds. The highest BCUT2D eigenvalue weighted by Gasteiger charge is 2.53. The van der Waals surface area contributed by atoms with E-state index < -0.39 is 6.04 Å². The molecule has 1 aromatic rings. The number of aliphatic imine (C=N–C) groups is 1. The average molecular weight is 464 g/mol. The van der Waals surface area contributed by atoms with Crippen LogP contribution in [0.4, 0.5) is 4.79 Å². The van der Waals surface area contributed by atoms with E-state index in [0.29, 0.717) is 17.4 Å². The standard InChI is InChI=1S/C23H32ClN4O2S/c1-4-5-6-7-8-9-12-15-31-22-25-20-19(21(29)27(3)23(30)26(20)2)28(22)16-17-13-10-11-14-18(17)24/h10-11,13-14,19H,4-9,12,15-16H2,1-3H3/q+1. The van der Waals surface area contributed by atoms with Gasteiger partial charge < -0.3 is 0 Å². The number of amides is 3. The Bertz CT molecular complexity index is 886. The van der Waals surface area contributed by atoms with Crippen LogP contribution in [0, 0.1) is 0 Å². The third-order valence-electron chi connectivity index (χ3n) is 5.77. The van der Waals surface area contributed by atoms with Gasteiger partial charge in [-0.25, -0.2) is 9.37 Å². The van der Waals surface area contributed by atoms with Gasteiger partial charge in [-0.1, -0.05) is 75.2 Å². The fourth-order valence-electron chi connectivity index (χ4n) is 3.88. The summed E-state index contributed by atoms with van der Waals surface area (Å²) in [5.41, 5.74) is 0.935. The van der Waals surface area contributed by atoms with E-state index in [1.165, 1.54) is 55.4 Å². The van der Waals surface area contributed by atoms with Crippen LogP contribution in [0.5, 0.6) is 0 Å². The molecule has 0 N–H and O–H groups in total. The number of hydrogen-bond acceptors (Lipinski definition) is 4. The summed E-state index contributed by atoms with van der Waals surface area (Å²) in [7, 11) is 3.20. The van der Waals surface area contributed by atoms with Crippen molar-refractivity contribution in [1.29, 1.82) is 0 Å². The van der Waals surface area contributed by atoms with Crippen molar-refractivity contribution in [2.45, 2.75) is 64.5 Å². The Labute approximate surface area is 194 Å². The van der Waals surface area contributed by atoms with Crippen molar-refractivity contribution >= 4 is 46.3 Å². The molecule has 3 rings (SSSR count). The van der Waals surface area contributed by atoms with Crippen LogP contribution in [0.3, 0.4) is 0 Å². The maximum Gasteiger partial charge on any atom is 0.358 e. The van der Waals surface area contributed by atoms with Crippen molar-refractivity contribution in [1.82, 2.24) is 9.80 Å². The van der Waals surface area contributed by atoms with Crippen molar-refractivity contribution in [3.63, 3.8) is 0 Å². The summed E-state index contributed by atoms with van der Waals surface area (Å²) in [5, 5.41) is 1.45. The van der Waals surface area contributed by atoms with Gasteiger partial charge in [0.25, 0.3) is 17.8 Å². The highest BCUT2D eigenvalue weighted by Crippen LogP contribution is 2.26. The largest absolute Gasteiger partial charge is 0.358 e. The maximum atomic E-state index is 13.0. The predicted molar refractivity (Wildman–Crippen MR) is 128 cm³/mol. The van der Waals surface area contributed by atoms with Gasteiger partial charge in [0.1, 0.15) is 6.54 Å². The molecular formula is C23H32ClN4O2S+. The first-order chi connectivity index (χ1) is 15.0. The molecule has 8 heteroatoms. The summed E-state index contributed by atoms with van der Waals surface area (Å²) in [4.78, 5) is 32.8. The first kappa shape index (κ1) is 23.8. The molecule has 2 aliphatic rings. The van der Waals surface area contributed by atoms with Gasteiger partial charge in [0.2, 0.25) is 0 Å². The number of hydrogen-bond donors (Lipinski definition) is 0. The van der Waals surface area contributed by atoms with Crippen LogP contribution >= 0.6 is 23.4 Å². The number of unbranched alkanes of at least 4 members (excludes halogenated alkanes) is 6. The van der Waals surface area contributed by atoms with Crippen molar-refractivity contribution in [3.8, 4) is 0 Å². The minimum atomic E-state index is -0.597. The van der Waals surface area contributed by atoms with Gasteiger partial charge in [-0.3, -0.25) is 14.6 Å². The number of carbonyl (C=O) groups excluding carboxylic acids is 2. The number of amidine groups is 2. The number of nitrogens with zero attached hydrogens (tertiary/aromatic N) is 4. The summed E-state index contributed by atoms with van der Waals surface area (Å²) in [5.74, 6) is 1.19. The predicted octanol–water partition coefficient (Wildman–Crippen LogP) is 5.00. The number of thioether (sulfide) groups is 1. The lowest BCUT2D eigenvalue weighted by Gasteiger charge is -2.30. The summed E-state index contributed by atoms with van der Waals surface area (Å²) in [6.45, 7) is 2.70. The van der Waals surface area contributed by atoms with Crippen LogP contribution in [0.1, 0.15) is 57.4 Å². The monoisotopic (exact) mass is 463 g/mol. The summed E-state index contributed by atoms with van der Waals surface area (Å²) < 4.78 is 1.99. The number of benzene rings is 1. The molecular weight excluding hydrogens is 432 g/mol. The zero-order valence-electron chi connectivity index (χ0n) is 18.6. The van der Waals surface area contributed by atoms with Crippen LogP contribution in [-0.4, -0.2) is 63.2 Å². The molecule has 1 atom stereocenters. The number of halogens is 1. The number of likely N-dealkylation sites (N-methyl/N-ethyl adjacent to an activating group) is 2. The molecule has 0 aromatic heterocycles. The van der Waals surface area contributed by atoms with Gasteiger partial charge in [-0.05, 0) is 29.2 Å². The molecule has 1 fully saturated rings. The fourth-order valence-corrected chi connectivity index (χ4v) is 5.10. The molecule has 0 aliphatic carbocycles. The van der Waals surface area contributed by atoms with Crippen molar-refractivity contribution < 1.29 is 14.2 Å². The normalized spacial score (nSPS) is 18.7. The zero-order chi connectivity index (χ0) is 22.4. The Hall–Kier alpha value is -1.86. The van der Waals surface area contributed by atoms with Gasteiger partial charge in [0.05, 0.1) is 0 Å². The van der Waals surface area contributed by atoms with E-state index >= 15 is 0 Å². The minimum absolute atomic E-state index is 0.250. The summed E-state index contributed by atoms with van der Waals surface area (Å²) >= 11 is 8.06. The Morgan fingerprint density at radius 1 is 1.03 bits per heavy atom. The van der Waals surface area contributed by atoms with E-state index in [4.69, 9.17) is 16.6 Å². The van der Waals surface area contributed by atoms with Gasteiger partial charge in [-0.2, -0.15) is 0 Å². The Morgan fingerprint density at radius 2 is 1.71 bits per heavy atom. The molecule has 168 valence electrons. The molecule has 0 spiro atoms. The number of rotatable bonds is 10. The van der Waals surface area contributed by atoms with E-state index in [-0.39, 0.29) is 11.9 Å². The van der Waals surface area contributed by atoms with E-state index in [0.717, 1.165) is 22.9 Å². The second kappa shape index (κ2) is 11.1.